The number of fused-ring (bicyclic) bond motifs is 4. The molecule has 0 heterocycles. The number of hydrogen-bond acceptors (Lipinski definition) is 0. The van der Waals surface area contributed by atoms with Gasteiger partial charge in [0.05, 0.1) is 0 Å². The molecule has 0 spiro atoms. The molecule has 0 aliphatic heterocycles. The molecular formula is C24H21Cl2SiZr. The smallest absolute Gasteiger partial charge is 1.00 e. The second-order valence-corrected chi connectivity index (χ2v) is 12.0. The van der Waals surface area contributed by atoms with Crippen molar-refractivity contribution in [2.24, 2.45) is 0 Å². The molecule has 0 N–H and O–H groups in total. The van der Waals surface area contributed by atoms with Crippen LogP contribution in [0.25, 0.3) is 17.2 Å². The number of benzene rings is 3. The van der Waals surface area contributed by atoms with Crippen molar-refractivity contribution in [3.8, 4) is 11.1 Å². The van der Waals surface area contributed by atoms with Gasteiger partial charge in [-0.15, -0.1) is 0 Å². The van der Waals surface area contributed by atoms with Crippen molar-refractivity contribution < 1.29 is 49.5 Å². The van der Waals surface area contributed by atoms with Crippen LogP contribution in [-0.4, -0.2) is 8.80 Å². The second kappa shape index (κ2) is 8.44. The van der Waals surface area contributed by atoms with Crippen molar-refractivity contribution in [1.29, 1.82) is 0 Å². The fourth-order valence-corrected chi connectivity index (χ4v) is 7.52. The zero-order valence-electron chi connectivity index (χ0n) is 15.9. The zero-order valence-corrected chi connectivity index (χ0v) is 21.0. The van der Waals surface area contributed by atoms with Gasteiger partial charge in [-0.25, -0.2) is 0 Å². The van der Waals surface area contributed by atoms with Gasteiger partial charge in [0.15, 0.2) is 0 Å². The molecule has 0 amide bonds. The van der Waals surface area contributed by atoms with E-state index in [4.69, 9.17) is 0 Å². The molecule has 0 radical (unpaired) electrons. The molecule has 139 valence electrons. The summed E-state index contributed by atoms with van der Waals surface area (Å²) in [5.74, 6) is 0.420. The minimum Gasteiger partial charge on any atom is -1.00 e. The summed E-state index contributed by atoms with van der Waals surface area (Å²) in [6.07, 6.45) is 4.76. The van der Waals surface area contributed by atoms with E-state index in [0.29, 0.717) is 9.54 Å². The van der Waals surface area contributed by atoms with Crippen LogP contribution in [0.3, 0.4) is 0 Å². The van der Waals surface area contributed by atoms with Gasteiger partial charge in [-0.05, 0) is 0 Å². The van der Waals surface area contributed by atoms with Crippen LogP contribution < -0.4 is 30.0 Å². The van der Waals surface area contributed by atoms with Crippen LogP contribution in [0.5, 0.6) is 0 Å². The molecule has 2 aliphatic carbocycles. The average molecular weight is 500 g/mol. The van der Waals surface area contributed by atoms with Crippen molar-refractivity contribution in [1.82, 2.24) is 0 Å². The predicted molar refractivity (Wildman–Crippen MR) is 110 cm³/mol. The van der Waals surface area contributed by atoms with Crippen molar-refractivity contribution in [3.63, 3.8) is 0 Å². The first-order valence-corrected chi connectivity index (χ1v) is 13.7. The molecule has 0 aromatic heterocycles. The monoisotopic (exact) mass is 497 g/mol. The first-order chi connectivity index (χ1) is 12.7. The molecule has 4 heteroatoms. The summed E-state index contributed by atoms with van der Waals surface area (Å²) in [7, 11) is -0.922. The number of rotatable bonds is 2. The first kappa shape index (κ1) is 21.8. The Balaban J connectivity index is 0.00000112. The van der Waals surface area contributed by atoms with Gasteiger partial charge in [-0.3, -0.25) is 0 Å². The van der Waals surface area contributed by atoms with Gasteiger partial charge in [0.25, 0.3) is 0 Å². The van der Waals surface area contributed by atoms with Gasteiger partial charge in [0.2, 0.25) is 0 Å². The van der Waals surface area contributed by atoms with Gasteiger partial charge < -0.3 is 24.8 Å². The maximum Gasteiger partial charge on any atom is -1.00 e. The van der Waals surface area contributed by atoms with Crippen molar-refractivity contribution in [3.05, 3.63) is 94.6 Å². The Kier molecular flexibility index (Phi) is 6.57. The minimum absolute atomic E-state index is 0. The van der Waals surface area contributed by atoms with E-state index in [2.05, 4.69) is 85.9 Å². The molecule has 3 aromatic rings. The van der Waals surface area contributed by atoms with E-state index >= 15 is 0 Å². The Morgan fingerprint density at radius 2 is 1.43 bits per heavy atom. The summed E-state index contributed by atoms with van der Waals surface area (Å²) in [5.41, 5.74) is 10.6. The van der Waals surface area contributed by atoms with Crippen molar-refractivity contribution in [2.75, 3.05) is 0 Å². The number of hydrogen-bond donors (Lipinski definition) is 0. The Labute approximate surface area is 196 Å². The summed E-state index contributed by atoms with van der Waals surface area (Å²) in [4.78, 5) is 0. The molecule has 2 atom stereocenters. The molecule has 0 bridgehead atoms. The predicted octanol–water partition coefficient (Wildman–Crippen LogP) is -0.836. The van der Waals surface area contributed by atoms with Crippen LogP contribution in [0.2, 0.25) is 13.1 Å². The van der Waals surface area contributed by atoms with E-state index in [1.807, 2.05) is 0 Å². The van der Waals surface area contributed by atoms with Gasteiger partial charge in [-0.2, -0.15) is 0 Å². The molecule has 3 aromatic carbocycles. The Hall–Kier alpha value is -0.920. The van der Waals surface area contributed by atoms with E-state index in [-0.39, 0.29) is 24.8 Å². The van der Waals surface area contributed by atoms with Gasteiger partial charge in [-0.1, -0.05) is 0 Å². The summed E-state index contributed by atoms with van der Waals surface area (Å²) in [6.45, 7) is 4.94. The van der Waals surface area contributed by atoms with Crippen molar-refractivity contribution in [2.45, 2.75) is 22.6 Å². The van der Waals surface area contributed by atoms with Crippen LogP contribution in [0.4, 0.5) is 0 Å². The molecule has 5 rings (SSSR count). The SMILES string of the molecule is C[SiH](C)c1ccc2c(c1C1C=Cc3ccccc31)[CH]([Zr+2])c1ccccc1-2.[Cl-].[Cl-]. The number of allylic oxidation sites excluding steroid dienone is 1. The fraction of sp³-hybridized carbons (Fsp3) is 0.167. The van der Waals surface area contributed by atoms with Crippen LogP contribution in [0, 0.1) is 0 Å². The Morgan fingerprint density at radius 1 is 0.750 bits per heavy atom. The third kappa shape index (κ3) is 3.23. The van der Waals surface area contributed by atoms with E-state index in [1.54, 1.807) is 41.0 Å². The second-order valence-electron chi connectivity index (χ2n) is 7.67. The molecule has 28 heavy (non-hydrogen) atoms. The van der Waals surface area contributed by atoms with E-state index in [9.17, 15) is 0 Å². The quantitative estimate of drug-likeness (QED) is 0.404. The molecule has 2 aliphatic rings. The zero-order chi connectivity index (χ0) is 17.8. The largest absolute Gasteiger partial charge is 1.00 e. The molecule has 0 nitrogen and oxygen atoms in total. The molecular weight excluding hydrogens is 478 g/mol. The van der Waals surface area contributed by atoms with Crippen LogP contribution in [0.1, 0.15) is 37.4 Å². The van der Waals surface area contributed by atoms with E-state index < -0.39 is 8.80 Å². The molecule has 2 unspecified atom stereocenters. The Bertz CT molecular complexity index is 1060. The minimum atomic E-state index is -0.922. The summed E-state index contributed by atoms with van der Waals surface area (Å²) in [5, 5.41) is 1.65. The first-order valence-electron chi connectivity index (χ1n) is 9.41. The molecule has 0 fully saturated rings. The van der Waals surface area contributed by atoms with Gasteiger partial charge in [0.1, 0.15) is 0 Å². The Morgan fingerprint density at radius 3 is 2.18 bits per heavy atom. The molecule has 0 saturated carbocycles. The van der Waals surface area contributed by atoms with Crippen LogP contribution >= 0.6 is 0 Å². The van der Waals surface area contributed by atoms with Gasteiger partial charge >= 0.3 is 173 Å². The van der Waals surface area contributed by atoms with E-state index in [0.717, 1.165) is 0 Å². The van der Waals surface area contributed by atoms with E-state index in [1.165, 1.54) is 27.8 Å². The van der Waals surface area contributed by atoms with Crippen LogP contribution in [-0.2, 0) is 24.7 Å². The summed E-state index contributed by atoms with van der Waals surface area (Å²) >= 11 is 1.60. The maximum atomic E-state index is 2.47. The third-order valence-electron chi connectivity index (χ3n) is 5.90. The molecule has 0 saturated heterocycles. The van der Waals surface area contributed by atoms with Gasteiger partial charge in [0, 0.05) is 0 Å². The standard InChI is InChI=1S/C24H21Si.2ClH.Zr/c1-25(2)23-14-13-20-19-10-6-4-8-17(19)15-22(20)24(23)21-12-11-16-7-3-5-9-18(16)21;;;/h3-15,21,25H,1-2H3;2*1H;/q;;;+2/p-2. The summed E-state index contributed by atoms with van der Waals surface area (Å²) < 4.78 is 0.567. The topological polar surface area (TPSA) is 0 Å². The van der Waals surface area contributed by atoms with Crippen LogP contribution in [0.15, 0.2) is 66.7 Å². The third-order valence-corrected chi connectivity index (χ3v) is 9.13. The fourth-order valence-electron chi connectivity index (χ4n) is 4.70. The maximum absolute atomic E-state index is 2.47. The van der Waals surface area contributed by atoms with Crippen molar-refractivity contribution >= 4 is 20.1 Å². The normalized spacial score (nSPS) is 18.2. The summed E-state index contributed by atoms with van der Waals surface area (Å²) in [6, 6.07) is 22.8. The average Bonchev–Trinajstić information content (AvgIpc) is 3.21. The number of halogens is 2.